The predicted molar refractivity (Wildman–Crippen MR) is 151 cm³/mol. The molecule has 0 bridgehead atoms. The molecule has 178 valence electrons. The van der Waals surface area contributed by atoms with Gasteiger partial charge in [0.1, 0.15) is 17.0 Å². The highest BCUT2D eigenvalue weighted by Gasteiger charge is 2.19. The molecule has 0 amide bonds. The highest BCUT2D eigenvalue weighted by atomic mass is 16.3. The lowest BCUT2D eigenvalue weighted by Gasteiger charge is -2.09. The second-order valence-corrected chi connectivity index (χ2v) is 9.72. The summed E-state index contributed by atoms with van der Waals surface area (Å²) in [6, 6.07) is 35.6. The van der Waals surface area contributed by atoms with Crippen LogP contribution in [-0.4, -0.2) is 14.5 Å². The van der Waals surface area contributed by atoms with Crippen molar-refractivity contribution >= 4 is 33.0 Å². The number of fused-ring (bicyclic) bond motifs is 4. The summed E-state index contributed by atoms with van der Waals surface area (Å²) in [5, 5.41) is 2.15. The quantitative estimate of drug-likeness (QED) is 0.253. The lowest BCUT2D eigenvalue weighted by Crippen LogP contribution is -1.97. The molecule has 0 saturated heterocycles. The van der Waals surface area contributed by atoms with Crippen LogP contribution in [0.15, 0.2) is 114 Å². The van der Waals surface area contributed by atoms with Crippen LogP contribution in [0, 0.1) is 0 Å². The van der Waals surface area contributed by atoms with Crippen LogP contribution in [0.5, 0.6) is 0 Å². The average Bonchev–Trinajstić information content (AvgIpc) is 3.50. The van der Waals surface area contributed by atoms with E-state index in [9.17, 15) is 0 Å². The summed E-state index contributed by atoms with van der Waals surface area (Å²) in [7, 11) is 0. The topological polar surface area (TPSA) is 43.9 Å². The zero-order valence-electron chi connectivity index (χ0n) is 20.7. The van der Waals surface area contributed by atoms with Gasteiger partial charge in [-0.25, -0.2) is 4.98 Å². The Hall–Kier alpha value is -4.70. The molecule has 3 aromatic heterocycles. The summed E-state index contributed by atoms with van der Waals surface area (Å²) in [6.07, 6.45) is 1.89. The lowest BCUT2D eigenvalue weighted by atomic mass is 10.0. The Balaban J connectivity index is 1.50. The van der Waals surface area contributed by atoms with Crippen LogP contribution in [0.2, 0.25) is 0 Å². The van der Waals surface area contributed by atoms with Gasteiger partial charge in [0.05, 0.1) is 16.7 Å². The zero-order chi connectivity index (χ0) is 24.9. The van der Waals surface area contributed by atoms with E-state index in [1.807, 2.05) is 30.5 Å². The number of benzene rings is 4. The van der Waals surface area contributed by atoms with Crippen LogP contribution in [0.1, 0.15) is 25.3 Å². The fourth-order valence-corrected chi connectivity index (χ4v) is 5.14. The number of pyridine rings is 1. The first-order valence-electron chi connectivity index (χ1n) is 12.6. The summed E-state index contributed by atoms with van der Waals surface area (Å²) in [6.45, 7) is 4.40. The molecule has 4 heteroatoms. The van der Waals surface area contributed by atoms with Gasteiger partial charge in [0.2, 0.25) is 0 Å². The predicted octanol–water partition coefficient (Wildman–Crippen LogP) is 8.78. The number of hydrogen-bond acceptors (Lipinski definition) is 3. The first kappa shape index (κ1) is 21.6. The van der Waals surface area contributed by atoms with Crippen LogP contribution in [0.3, 0.4) is 0 Å². The van der Waals surface area contributed by atoms with E-state index >= 15 is 0 Å². The number of hydrogen-bond donors (Lipinski definition) is 0. The van der Waals surface area contributed by atoms with Gasteiger partial charge in [-0.2, -0.15) is 0 Å². The molecule has 0 atom stereocenters. The monoisotopic (exact) mass is 479 g/mol. The van der Waals surface area contributed by atoms with Crippen molar-refractivity contribution in [2.45, 2.75) is 19.8 Å². The molecule has 0 aliphatic carbocycles. The Morgan fingerprint density at radius 2 is 1.54 bits per heavy atom. The first-order chi connectivity index (χ1) is 18.2. The van der Waals surface area contributed by atoms with Gasteiger partial charge in [-0.1, -0.05) is 74.5 Å². The number of imidazole rings is 1. The molecule has 0 saturated carbocycles. The molecule has 0 fully saturated rings. The molecule has 0 unspecified atom stereocenters. The smallest absolute Gasteiger partial charge is 0.145 e. The Bertz CT molecular complexity index is 1900. The Labute approximate surface area is 214 Å². The van der Waals surface area contributed by atoms with Crippen molar-refractivity contribution in [3.05, 3.63) is 115 Å². The van der Waals surface area contributed by atoms with Crippen molar-refractivity contribution in [3.63, 3.8) is 0 Å². The number of aromatic nitrogens is 3. The second-order valence-electron chi connectivity index (χ2n) is 9.72. The average molecular weight is 480 g/mol. The Morgan fingerprint density at radius 3 is 2.32 bits per heavy atom. The molecule has 0 aliphatic heterocycles. The van der Waals surface area contributed by atoms with Gasteiger partial charge in [-0.05, 0) is 47.9 Å². The lowest BCUT2D eigenvalue weighted by molar-refractivity contribution is 0.670. The summed E-state index contributed by atoms with van der Waals surface area (Å²) >= 11 is 0. The summed E-state index contributed by atoms with van der Waals surface area (Å²) < 4.78 is 8.75. The molecule has 37 heavy (non-hydrogen) atoms. The molecule has 0 aliphatic rings. The van der Waals surface area contributed by atoms with E-state index in [0.29, 0.717) is 5.92 Å². The van der Waals surface area contributed by atoms with Crippen molar-refractivity contribution in [1.29, 1.82) is 0 Å². The van der Waals surface area contributed by atoms with Crippen LogP contribution in [0.4, 0.5) is 0 Å². The van der Waals surface area contributed by atoms with Crippen molar-refractivity contribution < 1.29 is 4.42 Å². The van der Waals surface area contributed by atoms with Gasteiger partial charge in [0.25, 0.3) is 0 Å². The number of rotatable bonds is 4. The van der Waals surface area contributed by atoms with Gasteiger partial charge >= 0.3 is 0 Å². The standard InChI is InChI=1S/C33H25N3O/c1-21(2)23-16-17-34-28(18-23)26-15-9-14-25-27-19-30-29(20-31(27)37-32(25)26)35-33(22-10-5-3-6-11-22)36(30)24-12-7-4-8-13-24/h3-21H,1-2H3. The minimum atomic E-state index is 0.431. The molecule has 7 rings (SSSR count). The minimum Gasteiger partial charge on any atom is -0.455 e. The highest BCUT2D eigenvalue weighted by molar-refractivity contribution is 6.12. The van der Waals surface area contributed by atoms with Crippen LogP contribution < -0.4 is 0 Å². The molecule has 0 radical (unpaired) electrons. The summed E-state index contributed by atoms with van der Waals surface area (Å²) in [4.78, 5) is 9.76. The molecule has 4 aromatic carbocycles. The second kappa shape index (κ2) is 8.45. The summed E-state index contributed by atoms with van der Waals surface area (Å²) in [5.41, 5.74) is 8.97. The Kier molecular flexibility index (Phi) is 4.93. The molecule has 3 heterocycles. The number of nitrogens with zero attached hydrogens (tertiary/aromatic N) is 3. The van der Waals surface area contributed by atoms with E-state index in [4.69, 9.17) is 9.40 Å². The molecule has 7 aromatic rings. The summed E-state index contributed by atoms with van der Waals surface area (Å²) in [5.74, 6) is 1.34. The highest BCUT2D eigenvalue weighted by Crippen LogP contribution is 2.39. The SMILES string of the molecule is CC(C)c1ccnc(-c2cccc3c2oc2cc4nc(-c5ccccc5)n(-c5ccccc5)c4cc23)c1. The van der Waals surface area contributed by atoms with Crippen LogP contribution in [-0.2, 0) is 0 Å². The largest absolute Gasteiger partial charge is 0.455 e. The van der Waals surface area contributed by atoms with Gasteiger partial charge in [-0.15, -0.1) is 0 Å². The molecule has 0 spiro atoms. The Morgan fingerprint density at radius 1 is 0.757 bits per heavy atom. The molecule has 4 nitrogen and oxygen atoms in total. The van der Waals surface area contributed by atoms with Gasteiger partial charge in [0, 0.05) is 39.8 Å². The van der Waals surface area contributed by atoms with Crippen LogP contribution in [0.25, 0.3) is 61.3 Å². The zero-order valence-corrected chi connectivity index (χ0v) is 20.7. The fraction of sp³-hybridized carbons (Fsp3) is 0.0909. The van der Waals surface area contributed by atoms with Crippen molar-refractivity contribution in [2.24, 2.45) is 0 Å². The maximum Gasteiger partial charge on any atom is 0.145 e. The molecule has 0 N–H and O–H groups in total. The third-order valence-electron chi connectivity index (χ3n) is 7.05. The van der Waals surface area contributed by atoms with Crippen LogP contribution >= 0.6 is 0 Å². The normalized spacial score (nSPS) is 11.8. The number of para-hydroxylation sites is 2. The third-order valence-corrected chi connectivity index (χ3v) is 7.05. The van der Waals surface area contributed by atoms with E-state index in [-0.39, 0.29) is 0 Å². The third kappa shape index (κ3) is 3.53. The molecular formula is C33H25N3O. The van der Waals surface area contributed by atoms with E-state index < -0.39 is 0 Å². The van der Waals surface area contributed by atoms with E-state index in [0.717, 1.165) is 61.3 Å². The minimum absolute atomic E-state index is 0.431. The van der Waals surface area contributed by atoms with Crippen molar-refractivity contribution in [1.82, 2.24) is 14.5 Å². The maximum atomic E-state index is 6.52. The van der Waals surface area contributed by atoms with Crippen molar-refractivity contribution in [2.75, 3.05) is 0 Å². The number of furan rings is 1. The van der Waals surface area contributed by atoms with Crippen molar-refractivity contribution in [3.8, 4) is 28.3 Å². The van der Waals surface area contributed by atoms with Gasteiger partial charge in [-0.3, -0.25) is 9.55 Å². The molecular weight excluding hydrogens is 454 g/mol. The van der Waals surface area contributed by atoms with E-state index in [2.05, 4.69) is 102 Å². The maximum absolute atomic E-state index is 6.52. The van der Waals surface area contributed by atoms with E-state index in [1.165, 1.54) is 5.56 Å². The van der Waals surface area contributed by atoms with Gasteiger partial charge < -0.3 is 4.42 Å². The first-order valence-corrected chi connectivity index (χ1v) is 12.6. The van der Waals surface area contributed by atoms with Gasteiger partial charge in [0.15, 0.2) is 0 Å². The fourth-order valence-electron chi connectivity index (χ4n) is 5.14. The van der Waals surface area contributed by atoms with E-state index in [1.54, 1.807) is 0 Å².